The Bertz CT molecular complexity index is 455. The van der Waals surface area contributed by atoms with E-state index in [-0.39, 0.29) is 18.3 Å². The Balaban J connectivity index is 2.02. The Morgan fingerprint density at radius 1 is 1.24 bits per heavy atom. The van der Waals surface area contributed by atoms with Crippen LogP contribution in [0.4, 0.5) is 0 Å². The van der Waals surface area contributed by atoms with Gasteiger partial charge in [-0.25, -0.2) is 0 Å². The Hall–Kier alpha value is -1.08. The minimum atomic E-state index is -1.49. The van der Waals surface area contributed by atoms with E-state index in [0.29, 0.717) is 17.8 Å². The third-order valence-electron chi connectivity index (χ3n) is 3.73. The van der Waals surface area contributed by atoms with Crippen LogP contribution in [0.1, 0.15) is 32.3 Å². The molecule has 1 heterocycles. The number of hydrogen-bond donors (Lipinski definition) is 2. The molecule has 0 saturated carbocycles. The average molecular weight is 294 g/mol. The van der Waals surface area contributed by atoms with Gasteiger partial charge in [0.15, 0.2) is 0 Å². The molecule has 1 saturated heterocycles. The normalized spacial score (nSPS) is 25.7. The molecule has 2 atom stereocenters. The fourth-order valence-electron chi connectivity index (χ4n) is 2.76. The average Bonchev–Trinajstić information content (AvgIpc) is 2.43. The summed E-state index contributed by atoms with van der Waals surface area (Å²) < 4.78 is 17.0. The number of ether oxygens (including phenoxy) is 3. The maximum Gasteiger partial charge on any atom is 0.488 e. The second-order valence-electron chi connectivity index (χ2n) is 5.61. The second-order valence-corrected chi connectivity index (χ2v) is 5.61. The molecule has 21 heavy (non-hydrogen) atoms. The van der Waals surface area contributed by atoms with Crippen LogP contribution in [-0.2, 0) is 16.1 Å². The zero-order valence-electron chi connectivity index (χ0n) is 12.8. The van der Waals surface area contributed by atoms with E-state index >= 15 is 0 Å². The number of rotatable bonds is 5. The van der Waals surface area contributed by atoms with E-state index in [0.717, 1.165) is 18.4 Å². The van der Waals surface area contributed by atoms with Crippen molar-refractivity contribution < 1.29 is 24.3 Å². The van der Waals surface area contributed by atoms with Crippen LogP contribution in [0.2, 0.25) is 0 Å². The maximum absolute atomic E-state index is 9.26. The Morgan fingerprint density at radius 3 is 2.48 bits per heavy atom. The molecule has 0 radical (unpaired) electrons. The number of hydrogen-bond acceptors (Lipinski definition) is 5. The largest absolute Gasteiger partial charge is 0.496 e. The van der Waals surface area contributed by atoms with Crippen LogP contribution in [0, 0.1) is 0 Å². The number of benzene rings is 1. The standard InChI is InChI=1S/C15H23BO5/c1-10-6-14(7-11(2)21-10)20-9-12-8-13(16(17)18)4-5-15(12)19-3/h4-5,8,10-11,14,17-18H,6-7,9H2,1-3H3. The molecule has 1 aliphatic heterocycles. The second kappa shape index (κ2) is 7.27. The minimum Gasteiger partial charge on any atom is -0.496 e. The van der Waals surface area contributed by atoms with Crippen molar-refractivity contribution in [2.24, 2.45) is 0 Å². The van der Waals surface area contributed by atoms with Crippen LogP contribution in [-0.4, -0.2) is 42.6 Å². The molecular weight excluding hydrogens is 271 g/mol. The third-order valence-corrected chi connectivity index (χ3v) is 3.73. The van der Waals surface area contributed by atoms with Gasteiger partial charge in [-0.1, -0.05) is 12.1 Å². The monoisotopic (exact) mass is 294 g/mol. The predicted octanol–water partition coefficient (Wildman–Crippen LogP) is 0.848. The molecule has 0 aliphatic carbocycles. The fourth-order valence-corrected chi connectivity index (χ4v) is 2.76. The van der Waals surface area contributed by atoms with E-state index in [9.17, 15) is 10.0 Å². The first-order valence-electron chi connectivity index (χ1n) is 7.29. The van der Waals surface area contributed by atoms with Gasteiger partial charge in [-0.15, -0.1) is 0 Å². The quantitative estimate of drug-likeness (QED) is 0.788. The van der Waals surface area contributed by atoms with Crippen molar-refractivity contribution in [1.82, 2.24) is 0 Å². The van der Waals surface area contributed by atoms with E-state index in [1.54, 1.807) is 25.3 Å². The molecule has 0 amide bonds. The van der Waals surface area contributed by atoms with Crippen molar-refractivity contribution in [3.63, 3.8) is 0 Å². The highest BCUT2D eigenvalue weighted by molar-refractivity contribution is 6.58. The van der Waals surface area contributed by atoms with Gasteiger partial charge in [0.1, 0.15) is 5.75 Å². The van der Waals surface area contributed by atoms with Gasteiger partial charge in [0.25, 0.3) is 0 Å². The van der Waals surface area contributed by atoms with Gasteiger partial charge in [0, 0.05) is 5.56 Å². The highest BCUT2D eigenvalue weighted by atomic mass is 16.5. The first kappa shape index (κ1) is 16.3. The fraction of sp³-hybridized carbons (Fsp3) is 0.600. The molecule has 2 rings (SSSR count). The van der Waals surface area contributed by atoms with E-state index in [1.807, 2.05) is 0 Å². The van der Waals surface area contributed by atoms with Crippen molar-refractivity contribution in [2.45, 2.75) is 51.6 Å². The molecule has 1 aliphatic rings. The van der Waals surface area contributed by atoms with Crippen LogP contribution in [0.5, 0.6) is 5.75 Å². The molecule has 0 aromatic heterocycles. The summed E-state index contributed by atoms with van der Waals surface area (Å²) in [5, 5.41) is 18.5. The molecule has 2 unspecified atom stereocenters. The van der Waals surface area contributed by atoms with Crippen molar-refractivity contribution >= 4 is 12.6 Å². The summed E-state index contributed by atoms with van der Waals surface area (Å²) in [6.45, 7) is 4.48. The first-order chi connectivity index (χ1) is 9.99. The summed E-state index contributed by atoms with van der Waals surface area (Å²) in [6.07, 6.45) is 2.29. The van der Waals surface area contributed by atoms with Gasteiger partial charge in [-0.05, 0) is 38.2 Å². The highest BCUT2D eigenvalue weighted by Crippen LogP contribution is 2.24. The number of methoxy groups -OCH3 is 1. The van der Waals surface area contributed by atoms with Crippen LogP contribution in [0.15, 0.2) is 18.2 Å². The van der Waals surface area contributed by atoms with Gasteiger partial charge in [0.05, 0.1) is 32.0 Å². The topological polar surface area (TPSA) is 68.2 Å². The minimum absolute atomic E-state index is 0.149. The molecule has 0 bridgehead atoms. The molecular formula is C15H23BO5. The Labute approximate surface area is 126 Å². The summed E-state index contributed by atoms with van der Waals surface area (Å²) in [7, 11) is 0.102. The van der Waals surface area contributed by atoms with Crippen molar-refractivity contribution in [2.75, 3.05) is 7.11 Å². The SMILES string of the molecule is COc1ccc(B(O)O)cc1COC1CC(C)OC(C)C1. The lowest BCUT2D eigenvalue weighted by Gasteiger charge is -2.32. The molecule has 1 aromatic carbocycles. The smallest absolute Gasteiger partial charge is 0.488 e. The van der Waals surface area contributed by atoms with E-state index < -0.39 is 7.12 Å². The van der Waals surface area contributed by atoms with E-state index in [2.05, 4.69) is 13.8 Å². The van der Waals surface area contributed by atoms with Gasteiger partial charge in [0.2, 0.25) is 0 Å². The van der Waals surface area contributed by atoms with Crippen molar-refractivity contribution in [3.8, 4) is 5.75 Å². The van der Waals surface area contributed by atoms with Crippen LogP contribution in [0.3, 0.4) is 0 Å². The predicted molar refractivity (Wildman–Crippen MR) is 80.6 cm³/mol. The molecule has 116 valence electrons. The zero-order chi connectivity index (χ0) is 15.4. The molecule has 1 fully saturated rings. The molecule has 1 aromatic rings. The van der Waals surface area contributed by atoms with Gasteiger partial charge in [-0.2, -0.15) is 0 Å². The van der Waals surface area contributed by atoms with Crippen LogP contribution < -0.4 is 10.2 Å². The summed E-state index contributed by atoms with van der Waals surface area (Å²) in [5.41, 5.74) is 1.25. The summed E-state index contributed by atoms with van der Waals surface area (Å²) in [5.74, 6) is 0.688. The molecule has 0 spiro atoms. The lowest BCUT2D eigenvalue weighted by molar-refractivity contribution is -0.106. The lowest BCUT2D eigenvalue weighted by Crippen LogP contribution is -2.34. The summed E-state index contributed by atoms with van der Waals surface area (Å²) in [6, 6.07) is 5.06. The third kappa shape index (κ3) is 4.44. The van der Waals surface area contributed by atoms with Crippen molar-refractivity contribution in [1.29, 1.82) is 0 Å². The van der Waals surface area contributed by atoms with Gasteiger partial charge < -0.3 is 24.3 Å². The van der Waals surface area contributed by atoms with Gasteiger partial charge >= 0.3 is 7.12 Å². The Morgan fingerprint density at radius 2 is 1.90 bits per heavy atom. The van der Waals surface area contributed by atoms with Crippen LogP contribution >= 0.6 is 0 Å². The van der Waals surface area contributed by atoms with E-state index in [4.69, 9.17) is 14.2 Å². The highest BCUT2D eigenvalue weighted by Gasteiger charge is 2.25. The van der Waals surface area contributed by atoms with Crippen molar-refractivity contribution in [3.05, 3.63) is 23.8 Å². The maximum atomic E-state index is 9.26. The molecule has 6 heteroatoms. The van der Waals surface area contributed by atoms with Gasteiger partial charge in [-0.3, -0.25) is 0 Å². The summed E-state index contributed by atoms with van der Waals surface area (Å²) >= 11 is 0. The zero-order valence-corrected chi connectivity index (χ0v) is 12.8. The molecule has 2 N–H and O–H groups in total. The lowest BCUT2D eigenvalue weighted by atomic mass is 9.79. The molecule has 5 nitrogen and oxygen atoms in total. The van der Waals surface area contributed by atoms with E-state index in [1.165, 1.54) is 0 Å². The first-order valence-corrected chi connectivity index (χ1v) is 7.29. The Kier molecular flexibility index (Phi) is 5.64. The van der Waals surface area contributed by atoms with Crippen LogP contribution in [0.25, 0.3) is 0 Å². The summed E-state index contributed by atoms with van der Waals surface area (Å²) in [4.78, 5) is 0.